The number of ether oxygens (including phenoxy) is 3. The smallest absolute Gasteiger partial charge is 0.308 e. The van der Waals surface area contributed by atoms with Gasteiger partial charge in [0.1, 0.15) is 5.75 Å². The van der Waals surface area contributed by atoms with Gasteiger partial charge in [0.05, 0.1) is 14.2 Å². The molecule has 0 saturated heterocycles. The van der Waals surface area contributed by atoms with Gasteiger partial charge in [-0.25, -0.2) is 0 Å². The zero-order chi connectivity index (χ0) is 18.7. The number of amides is 1. The Morgan fingerprint density at radius 2 is 1.65 bits per heavy atom. The molecule has 0 radical (unpaired) electrons. The minimum atomic E-state index is -0.412. The predicted molar refractivity (Wildman–Crippen MR) is 95.7 cm³/mol. The molecule has 6 heteroatoms. The third-order valence-electron chi connectivity index (χ3n) is 4.38. The fraction of sp³-hybridized carbons (Fsp3) is 0.300. The first kappa shape index (κ1) is 17.8. The quantitative estimate of drug-likeness (QED) is 0.623. The number of benzene rings is 2. The highest BCUT2D eigenvalue weighted by Crippen LogP contribution is 2.34. The molecule has 1 aliphatic rings. The van der Waals surface area contributed by atoms with Crippen molar-refractivity contribution in [1.82, 2.24) is 4.90 Å². The molecule has 136 valence electrons. The van der Waals surface area contributed by atoms with E-state index in [-0.39, 0.29) is 5.91 Å². The summed E-state index contributed by atoms with van der Waals surface area (Å²) in [6.45, 7) is 2.42. The molecule has 0 saturated carbocycles. The molecule has 0 unspecified atom stereocenters. The standard InChI is InChI=1S/C20H21NO5/c1-13(22)26-19-11-16-12-21(9-8-15(16)10-18(19)25-3)20(23)14-4-6-17(24-2)7-5-14/h4-7,10-11H,8-9,12H2,1-3H3. The summed E-state index contributed by atoms with van der Waals surface area (Å²) >= 11 is 0. The van der Waals surface area contributed by atoms with Crippen molar-refractivity contribution in [2.24, 2.45) is 0 Å². The number of carbonyl (C=O) groups is 2. The van der Waals surface area contributed by atoms with Gasteiger partial charge in [-0.15, -0.1) is 0 Å². The van der Waals surface area contributed by atoms with E-state index in [4.69, 9.17) is 14.2 Å². The summed E-state index contributed by atoms with van der Waals surface area (Å²) in [5.74, 6) is 1.16. The Morgan fingerprint density at radius 3 is 2.27 bits per heavy atom. The fourth-order valence-electron chi connectivity index (χ4n) is 3.05. The normalized spacial score (nSPS) is 13.0. The molecule has 6 nitrogen and oxygen atoms in total. The summed E-state index contributed by atoms with van der Waals surface area (Å²) in [5, 5.41) is 0. The molecule has 0 bridgehead atoms. The van der Waals surface area contributed by atoms with Gasteiger partial charge in [-0.3, -0.25) is 9.59 Å². The first-order valence-corrected chi connectivity index (χ1v) is 8.33. The molecule has 2 aromatic rings. The number of esters is 1. The molecule has 2 aromatic carbocycles. The highest BCUT2D eigenvalue weighted by atomic mass is 16.6. The Labute approximate surface area is 152 Å². The van der Waals surface area contributed by atoms with E-state index in [0.717, 1.165) is 11.1 Å². The Morgan fingerprint density at radius 1 is 0.962 bits per heavy atom. The van der Waals surface area contributed by atoms with Crippen molar-refractivity contribution in [3.63, 3.8) is 0 Å². The molecule has 1 amide bonds. The van der Waals surface area contributed by atoms with E-state index in [1.54, 1.807) is 42.3 Å². The molecule has 26 heavy (non-hydrogen) atoms. The maximum Gasteiger partial charge on any atom is 0.308 e. The topological polar surface area (TPSA) is 65.1 Å². The van der Waals surface area contributed by atoms with Crippen molar-refractivity contribution in [2.75, 3.05) is 20.8 Å². The molecule has 0 aliphatic carbocycles. The van der Waals surface area contributed by atoms with Gasteiger partial charge < -0.3 is 19.1 Å². The van der Waals surface area contributed by atoms with Crippen LogP contribution in [0.15, 0.2) is 36.4 Å². The first-order valence-electron chi connectivity index (χ1n) is 8.33. The Kier molecular flexibility index (Phi) is 5.11. The number of methoxy groups -OCH3 is 2. The number of fused-ring (bicyclic) bond motifs is 1. The third kappa shape index (κ3) is 3.64. The second-order valence-electron chi connectivity index (χ2n) is 6.07. The molecule has 0 N–H and O–H groups in total. The Bertz CT molecular complexity index is 829. The predicted octanol–water partition coefficient (Wildman–Crippen LogP) is 2.83. The summed E-state index contributed by atoms with van der Waals surface area (Å²) in [6, 6.07) is 10.7. The average molecular weight is 355 g/mol. The van der Waals surface area contributed by atoms with Crippen LogP contribution in [0.25, 0.3) is 0 Å². The lowest BCUT2D eigenvalue weighted by Crippen LogP contribution is -2.36. The number of hydrogen-bond acceptors (Lipinski definition) is 5. The molecule has 1 aliphatic heterocycles. The summed E-state index contributed by atoms with van der Waals surface area (Å²) < 4.78 is 15.7. The largest absolute Gasteiger partial charge is 0.497 e. The van der Waals surface area contributed by atoms with Crippen LogP contribution < -0.4 is 14.2 Å². The summed E-state index contributed by atoms with van der Waals surface area (Å²) in [7, 11) is 3.13. The van der Waals surface area contributed by atoms with E-state index in [1.165, 1.54) is 14.0 Å². The van der Waals surface area contributed by atoms with Gasteiger partial charge in [0.25, 0.3) is 5.91 Å². The van der Waals surface area contributed by atoms with Crippen LogP contribution in [0.1, 0.15) is 28.4 Å². The SMILES string of the molecule is COc1ccc(C(=O)N2CCc3cc(OC)c(OC(C)=O)cc3C2)cc1. The van der Waals surface area contributed by atoms with Crippen molar-refractivity contribution < 1.29 is 23.8 Å². The molecular weight excluding hydrogens is 334 g/mol. The number of hydrogen-bond donors (Lipinski definition) is 0. The van der Waals surface area contributed by atoms with Gasteiger partial charge in [-0.1, -0.05) is 0 Å². The van der Waals surface area contributed by atoms with Crippen LogP contribution in [-0.4, -0.2) is 37.5 Å². The van der Waals surface area contributed by atoms with Crippen molar-refractivity contribution >= 4 is 11.9 Å². The second kappa shape index (κ2) is 7.47. The molecule has 0 aromatic heterocycles. The number of carbonyl (C=O) groups excluding carboxylic acids is 2. The molecule has 0 spiro atoms. The maximum absolute atomic E-state index is 12.8. The van der Waals surface area contributed by atoms with Crippen molar-refractivity contribution in [2.45, 2.75) is 19.9 Å². The Hall–Kier alpha value is -3.02. The van der Waals surface area contributed by atoms with Crippen LogP contribution in [0.4, 0.5) is 0 Å². The van der Waals surface area contributed by atoms with Crippen LogP contribution in [0.2, 0.25) is 0 Å². The average Bonchev–Trinajstić information content (AvgIpc) is 2.66. The molecular formula is C20H21NO5. The second-order valence-corrected chi connectivity index (χ2v) is 6.07. The van der Waals surface area contributed by atoms with Crippen LogP contribution >= 0.6 is 0 Å². The van der Waals surface area contributed by atoms with Crippen LogP contribution in [0.5, 0.6) is 17.2 Å². The lowest BCUT2D eigenvalue weighted by atomic mass is 9.98. The number of rotatable bonds is 4. The van der Waals surface area contributed by atoms with E-state index in [9.17, 15) is 9.59 Å². The van der Waals surface area contributed by atoms with Crippen LogP contribution in [0.3, 0.4) is 0 Å². The van der Waals surface area contributed by atoms with E-state index in [1.807, 2.05) is 6.07 Å². The minimum Gasteiger partial charge on any atom is -0.497 e. The van der Waals surface area contributed by atoms with Gasteiger partial charge >= 0.3 is 5.97 Å². The molecule has 0 atom stereocenters. The van der Waals surface area contributed by atoms with Crippen molar-refractivity contribution in [3.05, 3.63) is 53.1 Å². The summed E-state index contributed by atoms with van der Waals surface area (Å²) in [5.41, 5.74) is 2.66. The highest BCUT2D eigenvalue weighted by Gasteiger charge is 2.24. The summed E-state index contributed by atoms with van der Waals surface area (Å²) in [6.07, 6.45) is 0.716. The maximum atomic E-state index is 12.8. The lowest BCUT2D eigenvalue weighted by Gasteiger charge is -2.29. The van der Waals surface area contributed by atoms with Gasteiger partial charge in [-0.2, -0.15) is 0 Å². The fourth-order valence-corrected chi connectivity index (χ4v) is 3.05. The third-order valence-corrected chi connectivity index (χ3v) is 4.38. The van der Waals surface area contributed by atoms with E-state index in [2.05, 4.69) is 0 Å². The summed E-state index contributed by atoms with van der Waals surface area (Å²) in [4.78, 5) is 25.9. The zero-order valence-corrected chi connectivity index (χ0v) is 15.1. The Balaban J connectivity index is 1.83. The van der Waals surface area contributed by atoms with Gasteiger partial charge in [0, 0.05) is 25.6 Å². The molecule has 3 rings (SSSR count). The number of nitrogens with zero attached hydrogens (tertiary/aromatic N) is 1. The van der Waals surface area contributed by atoms with E-state index in [0.29, 0.717) is 42.3 Å². The van der Waals surface area contributed by atoms with Gasteiger partial charge in [-0.05, 0) is 53.9 Å². The van der Waals surface area contributed by atoms with Crippen molar-refractivity contribution in [1.29, 1.82) is 0 Å². The van der Waals surface area contributed by atoms with Gasteiger partial charge in [0.15, 0.2) is 11.5 Å². The first-order chi connectivity index (χ1) is 12.5. The van der Waals surface area contributed by atoms with Gasteiger partial charge in [0.2, 0.25) is 0 Å². The lowest BCUT2D eigenvalue weighted by molar-refractivity contribution is -0.132. The molecule has 0 fully saturated rings. The zero-order valence-electron chi connectivity index (χ0n) is 15.1. The van der Waals surface area contributed by atoms with Crippen molar-refractivity contribution in [3.8, 4) is 17.2 Å². The highest BCUT2D eigenvalue weighted by molar-refractivity contribution is 5.94. The van der Waals surface area contributed by atoms with E-state index < -0.39 is 5.97 Å². The van der Waals surface area contributed by atoms with Crippen LogP contribution in [-0.2, 0) is 17.8 Å². The minimum absolute atomic E-state index is 0.0387. The monoisotopic (exact) mass is 355 g/mol. The van der Waals surface area contributed by atoms with Crippen LogP contribution in [0, 0.1) is 0 Å². The molecule has 1 heterocycles. The van der Waals surface area contributed by atoms with E-state index >= 15 is 0 Å².